The van der Waals surface area contributed by atoms with Crippen molar-refractivity contribution in [2.75, 3.05) is 5.32 Å². The molecular formula is C19H18F2N2O3S. The van der Waals surface area contributed by atoms with Gasteiger partial charge in [-0.05, 0) is 49.7 Å². The minimum absolute atomic E-state index is 0.0444. The maximum atomic E-state index is 14.1. The average Bonchev–Trinajstić information content (AvgIpc) is 3.32. The number of aryl methyl sites for hydroxylation is 1. The van der Waals surface area contributed by atoms with E-state index in [0.717, 1.165) is 25.0 Å². The molecule has 8 heteroatoms. The van der Waals surface area contributed by atoms with Gasteiger partial charge in [-0.15, -0.1) is 0 Å². The maximum absolute atomic E-state index is 14.1. The van der Waals surface area contributed by atoms with Crippen LogP contribution in [0.5, 0.6) is 5.88 Å². The molecular weight excluding hydrogens is 374 g/mol. The number of thiazole rings is 1. The van der Waals surface area contributed by atoms with Crippen molar-refractivity contribution >= 4 is 22.4 Å². The van der Waals surface area contributed by atoms with Crippen LogP contribution in [0.4, 0.5) is 13.9 Å². The highest BCUT2D eigenvalue weighted by Crippen LogP contribution is 2.41. The van der Waals surface area contributed by atoms with Gasteiger partial charge >= 0.3 is 5.97 Å². The molecule has 2 aliphatic carbocycles. The van der Waals surface area contributed by atoms with E-state index in [2.05, 4.69) is 22.5 Å². The molecule has 3 N–H and O–H groups in total. The Morgan fingerprint density at radius 3 is 2.74 bits per heavy atom. The molecule has 2 aromatic rings. The fraction of sp³-hybridized carbons (Fsp3) is 0.368. The first-order chi connectivity index (χ1) is 12.9. The topological polar surface area (TPSA) is 82.5 Å². The van der Waals surface area contributed by atoms with E-state index in [1.807, 2.05) is 0 Å². The van der Waals surface area contributed by atoms with Gasteiger partial charge in [-0.25, -0.2) is 13.6 Å². The molecule has 5 nitrogen and oxygen atoms in total. The van der Waals surface area contributed by atoms with Gasteiger partial charge in [-0.2, -0.15) is 4.98 Å². The first-order valence-corrected chi connectivity index (χ1v) is 9.57. The third-order valence-electron chi connectivity index (χ3n) is 5.29. The molecule has 0 spiro atoms. The molecule has 1 aromatic heterocycles. The zero-order valence-electron chi connectivity index (χ0n) is 14.3. The second kappa shape index (κ2) is 6.92. The van der Waals surface area contributed by atoms with Crippen molar-refractivity contribution in [2.45, 2.75) is 31.7 Å². The molecule has 1 aromatic carbocycles. The van der Waals surface area contributed by atoms with Crippen molar-refractivity contribution in [3.63, 3.8) is 0 Å². The number of aromatic hydroxyl groups is 1. The number of allylic oxidation sites excluding steroid dienone is 1. The van der Waals surface area contributed by atoms with E-state index in [9.17, 15) is 23.8 Å². The molecule has 0 amide bonds. The summed E-state index contributed by atoms with van der Waals surface area (Å²) >= 11 is 1.26. The van der Waals surface area contributed by atoms with Crippen molar-refractivity contribution in [3.05, 3.63) is 51.9 Å². The van der Waals surface area contributed by atoms with Crippen molar-refractivity contribution in [2.24, 2.45) is 11.8 Å². The van der Waals surface area contributed by atoms with Gasteiger partial charge in [0.25, 0.3) is 0 Å². The fourth-order valence-corrected chi connectivity index (χ4v) is 4.87. The first kappa shape index (κ1) is 17.9. The Balaban J connectivity index is 1.48. The summed E-state index contributed by atoms with van der Waals surface area (Å²) in [5.74, 6) is -2.64. The summed E-state index contributed by atoms with van der Waals surface area (Å²) in [6, 6.07) is 2.15. The number of nitrogens with one attached hydrogen (secondary N) is 1. The highest BCUT2D eigenvalue weighted by atomic mass is 32.1. The fourth-order valence-electron chi connectivity index (χ4n) is 3.95. The van der Waals surface area contributed by atoms with E-state index < -0.39 is 17.6 Å². The van der Waals surface area contributed by atoms with E-state index in [4.69, 9.17) is 0 Å². The molecule has 4 rings (SSSR count). The molecule has 1 heterocycles. The number of benzene rings is 1. The lowest BCUT2D eigenvalue weighted by Crippen LogP contribution is -2.23. The van der Waals surface area contributed by atoms with Crippen molar-refractivity contribution in [3.8, 4) is 5.88 Å². The Labute approximate surface area is 158 Å². The first-order valence-electron chi connectivity index (χ1n) is 8.76. The van der Waals surface area contributed by atoms with E-state index in [-0.39, 0.29) is 35.9 Å². The van der Waals surface area contributed by atoms with Gasteiger partial charge in [0.15, 0.2) is 16.8 Å². The monoisotopic (exact) mass is 392 g/mol. The number of carboxylic acids is 1. The quantitative estimate of drug-likeness (QED) is 0.648. The molecule has 1 saturated carbocycles. The summed E-state index contributed by atoms with van der Waals surface area (Å²) < 4.78 is 27.5. The molecule has 0 radical (unpaired) electrons. The van der Waals surface area contributed by atoms with Crippen molar-refractivity contribution in [1.82, 2.24) is 4.98 Å². The van der Waals surface area contributed by atoms with E-state index >= 15 is 0 Å². The predicted molar refractivity (Wildman–Crippen MR) is 97.3 cm³/mol. The standard InChI is InChI=1S/C19H18F2N2O3S/c20-13-5-3-12(18(25)26)11(16(13)21)4-6-15-17(24)23-19(27-15)22-14-8-9-1-2-10(14)7-9/h1-3,5,9-10,14,24H,4,6-8H2,(H,22,23)(H,25,26). The third kappa shape index (κ3) is 3.41. The Hall–Kier alpha value is -2.48. The number of carboxylic acid groups (broad SMARTS) is 1. The lowest BCUT2D eigenvalue weighted by molar-refractivity contribution is 0.0695. The number of aromatic nitrogens is 1. The Morgan fingerprint density at radius 2 is 2.07 bits per heavy atom. The Morgan fingerprint density at radius 1 is 1.26 bits per heavy atom. The van der Waals surface area contributed by atoms with Gasteiger partial charge in [0, 0.05) is 11.6 Å². The van der Waals surface area contributed by atoms with Crippen LogP contribution in [0.1, 0.15) is 33.6 Å². The third-order valence-corrected chi connectivity index (χ3v) is 6.33. The molecule has 27 heavy (non-hydrogen) atoms. The summed E-state index contributed by atoms with van der Waals surface area (Å²) in [6.07, 6.45) is 6.74. The Bertz CT molecular complexity index is 928. The van der Waals surface area contributed by atoms with E-state index in [1.54, 1.807) is 0 Å². The van der Waals surface area contributed by atoms with Gasteiger partial charge < -0.3 is 15.5 Å². The summed E-state index contributed by atoms with van der Waals surface area (Å²) in [5, 5.41) is 23.2. The van der Waals surface area contributed by atoms with Crippen LogP contribution in [-0.4, -0.2) is 27.2 Å². The average molecular weight is 392 g/mol. The summed E-state index contributed by atoms with van der Waals surface area (Å²) in [7, 11) is 0. The van der Waals surface area contributed by atoms with Gasteiger partial charge in [0.05, 0.1) is 10.4 Å². The number of halogens is 2. The van der Waals surface area contributed by atoms with Crippen LogP contribution >= 0.6 is 11.3 Å². The van der Waals surface area contributed by atoms with Gasteiger partial charge in [0.1, 0.15) is 0 Å². The lowest BCUT2D eigenvalue weighted by atomic mass is 10.0. The zero-order valence-corrected chi connectivity index (χ0v) is 15.1. The molecule has 142 valence electrons. The highest BCUT2D eigenvalue weighted by Gasteiger charge is 2.36. The normalized spacial score (nSPS) is 23.1. The number of rotatable bonds is 6. The van der Waals surface area contributed by atoms with Crippen molar-refractivity contribution < 1.29 is 23.8 Å². The molecule has 3 unspecified atom stereocenters. The number of aromatic carboxylic acids is 1. The molecule has 1 fully saturated rings. The second-order valence-corrected chi connectivity index (χ2v) is 8.07. The van der Waals surface area contributed by atoms with Crippen LogP contribution in [0.3, 0.4) is 0 Å². The number of hydrogen-bond donors (Lipinski definition) is 3. The molecule has 3 atom stereocenters. The SMILES string of the molecule is O=C(O)c1ccc(F)c(F)c1CCc1sc(NC2CC3C=CC2C3)nc1O. The van der Waals surface area contributed by atoms with Gasteiger partial charge in [-0.1, -0.05) is 23.5 Å². The number of hydrogen-bond acceptors (Lipinski definition) is 5. The molecule has 0 saturated heterocycles. The Kier molecular flexibility index (Phi) is 4.59. The number of nitrogens with zero attached hydrogens (tertiary/aromatic N) is 1. The lowest BCUT2D eigenvalue weighted by Gasteiger charge is -2.18. The smallest absolute Gasteiger partial charge is 0.336 e. The van der Waals surface area contributed by atoms with Crippen LogP contribution in [0.2, 0.25) is 0 Å². The van der Waals surface area contributed by atoms with E-state index in [1.165, 1.54) is 11.3 Å². The summed E-state index contributed by atoms with van der Waals surface area (Å²) in [6.45, 7) is 0. The zero-order chi connectivity index (χ0) is 19.1. The van der Waals surface area contributed by atoms with E-state index in [0.29, 0.717) is 21.8 Å². The second-order valence-electron chi connectivity index (χ2n) is 6.99. The number of carbonyl (C=O) groups is 1. The van der Waals surface area contributed by atoms with Crippen LogP contribution in [0.25, 0.3) is 0 Å². The molecule has 2 aliphatic rings. The minimum Gasteiger partial charge on any atom is -0.492 e. The van der Waals surface area contributed by atoms with Crippen LogP contribution in [-0.2, 0) is 12.8 Å². The largest absolute Gasteiger partial charge is 0.492 e. The summed E-state index contributed by atoms with van der Waals surface area (Å²) in [5.41, 5.74) is -0.479. The van der Waals surface area contributed by atoms with Crippen LogP contribution in [0, 0.1) is 23.5 Å². The summed E-state index contributed by atoms with van der Waals surface area (Å²) in [4.78, 5) is 15.9. The molecule has 2 bridgehead atoms. The van der Waals surface area contributed by atoms with Crippen LogP contribution in [0.15, 0.2) is 24.3 Å². The van der Waals surface area contributed by atoms with Gasteiger partial charge in [0.2, 0.25) is 5.88 Å². The number of fused-ring (bicyclic) bond motifs is 2. The number of anilines is 1. The van der Waals surface area contributed by atoms with Crippen LogP contribution < -0.4 is 5.32 Å². The van der Waals surface area contributed by atoms with Crippen molar-refractivity contribution in [1.29, 1.82) is 0 Å². The molecule has 0 aliphatic heterocycles. The maximum Gasteiger partial charge on any atom is 0.336 e. The minimum atomic E-state index is -1.32. The van der Waals surface area contributed by atoms with Gasteiger partial charge in [-0.3, -0.25) is 0 Å². The highest BCUT2D eigenvalue weighted by molar-refractivity contribution is 7.15. The predicted octanol–water partition coefficient (Wildman–Crippen LogP) is 3.99.